The number of hydrogen-bond acceptors (Lipinski definition) is 5. The summed E-state index contributed by atoms with van der Waals surface area (Å²) in [5.74, 6) is 2.38. The smallest absolute Gasteiger partial charge is 0.203 e. The minimum atomic E-state index is 0.131. The summed E-state index contributed by atoms with van der Waals surface area (Å²) in [5.41, 5.74) is 1.08. The number of oxime groups is 1. The predicted octanol–water partition coefficient (Wildman–Crippen LogP) is 3.22. The molecule has 1 aromatic carbocycles. The number of ether oxygens (including phenoxy) is 3. The van der Waals surface area contributed by atoms with Gasteiger partial charge in [0.25, 0.3) is 0 Å². The molecule has 0 spiro atoms. The molecule has 2 unspecified atom stereocenters. The summed E-state index contributed by atoms with van der Waals surface area (Å²) in [6, 6.07) is 3.90. The molecule has 114 valence electrons. The molecule has 1 aromatic rings. The molecule has 0 saturated heterocycles. The molecule has 0 heterocycles. The molecule has 1 aliphatic carbocycles. The van der Waals surface area contributed by atoms with E-state index >= 15 is 0 Å². The first kappa shape index (κ1) is 15.2. The molecule has 5 nitrogen and oxygen atoms in total. The molecule has 0 saturated carbocycles. The molecule has 0 aliphatic heterocycles. The Morgan fingerprint density at radius 2 is 1.90 bits per heavy atom. The molecule has 21 heavy (non-hydrogen) atoms. The van der Waals surface area contributed by atoms with Crippen molar-refractivity contribution in [3.05, 3.63) is 29.8 Å². The maximum atomic E-state index is 8.70. The van der Waals surface area contributed by atoms with Crippen molar-refractivity contribution in [2.24, 2.45) is 11.1 Å². The lowest BCUT2D eigenvalue weighted by Gasteiger charge is -2.25. The van der Waals surface area contributed by atoms with Gasteiger partial charge in [0.1, 0.15) is 0 Å². The number of nitrogens with zero attached hydrogens (tertiary/aromatic N) is 1. The third kappa shape index (κ3) is 3.12. The molecule has 2 atom stereocenters. The molecular weight excluding hydrogens is 270 g/mol. The van der Waals surface area contributed by atoms with Crippen LogP contribution < -0.4 is 14.2 Å². The summed E-state index contributed by atoms with van der Waals surface area (Å²) >= 11 is 0. The lowest BCUT2D eigenvalue weighted by Crippen LogP contribution is -2.12. The van der Waals surface area contributed by atoms with Gasteiger partial charge in [0.05, 0.1) is 27.5 Å². The second kappa shape index (κ2) is 7.02. The van der Waals surface area contributed by atoms with Gasteiger partial charge in [0.2, 0.25) is 5.75 Å². The molecule has 0 bridgehead atoms. The van der Waals surface area contributed by atoms with Crippen molar-refractivity contribution in [2.45, 2.75) is 18.8 Å². The van der Waals surface area contributed by atoms with Gasteiger partial charge in [-0.25, -0.2) is 0 Å². The van der Waals surface area contributed by atoms with E-state index in [4.69, 9.17) is 19.4 Å². The zero-order chi connectivity index (χ0) is 15.2. The van der Waals surface area contributed by atoms with Crippen LogP contribution in [0, 0.1) is 5.92 Å². The summed E-state index contributed by atoms with van der Waals surface area (Å²) in [6.07, 6.45) is 7.50. The Bertz CT molecular complexity index is 539. The second-order valence-corrected chi connectivity index (χ2v) is 4.95. The number of benzene rings is 1. The van der Waals surface area contributed by atoms with Crippen LogP contribution in [-0.2, 0) is 0 Å². The summed E-state index contributed by atoms with van der Waals surface area (Å²) in [6.45, 7) is 0. The number of allylic oxidation sites excluding steroid dienone is 2. The second-order valence-electron chi connectivity index (χ2n) is 4.95. The van der Waals surface area contributed by atoms with Crippen molar-refractivity contribution >= 4 is 6.21 Å². The number of methoxy groups -OCH3 is 3. The fraction of sp³-hybridized carbons (Fsp3) is 0.438. The zero-order valence-electron chi connectivity index (χ0n) is 12.6. The molecule has 5 heteroatoms. The Balaban J connectivity index is 2.37. The van der Waals surface area contributed by atoms with Crippen LogP contribution in [0.5, 0.6) is 17.2 Å². The first-order valence-corrected chi connectivity index (χ1v) is 6.88. The van der Waals surface area contributed by atoms with Crippen molar-refractivity contribution in [3.63, 3.8) is 0 Å². The topological polar surface area (TPSA) is 60.3 Å². The Morgan fingerprint density at radius 3 is 2.52 bits per heavy atom. The average molecular weight is 291 g/mol. The van der Waals surface area contributed by atoms with Crippen LogP contribution in [0.2, 0.25) is 0 Å². The summed E-state index contributed by atoms with van der Waals surface area (Å²) in [4.78, 5) is 0. The SMILES string of the molecule is COc1ccc(C2CC=CC(C=NO)C2)c(OC)c1OC. The molecule has 0 amide bonds. The van der Waals surface area contributed by atoms with E-state index in [0.717, 1.165) is 18.4 Å². The molecular formula is C16H21NO4. The van der Waals surface area contributed by atoms with Crippen LogP contribution in [0.15, 0.2) is 29.4 Å². The van der Waals surface area contributed by atoms with Crippen molar-refractivity contribution in [3.8, 4) is 17.2 Å². The van der Waals surface area contributed by atoms with E-state index in [-0.39, 0.29) is 11.8 Å². The van der Waals surface area contributed by atoms with Crippen LogP contribution in [0.1, 0.15) is 24.3 Å². The summed E-state index contributed by atoms with van der Waals surface area (Å²) in [7, 11) is 4.84. The highest BCUT2D eigenvalue weighted by molar-refractivity contribution is 5.63. The monoisotopic (exact) mass is 291 g/mol. The fourth-order valence-electron chi connectivity index (χ4n) is 2.82. The van der Waals surface area contributed by atoms with Crippen LogP contribution in [0.4, 0.5) is 0 Å². The minimum absolute atomic E-state index is 0.131. The standard InChI is InChI=1S/C16H21NO4/c1-19-14-8-7-13(15(20-2)16(14)21-3)12-6-4-5-11(9-12)10-17-18/h4-5,7-8,10-12,18H,6,9H2,1-3H3. The van der Waals surface area contributed by atoms with Crippen molar-refractivity contribution < 1.29 is 19.4 Å². The predicted molar refractivity (Wildman–Crippen MR) is 81.0 cm³/mol. The van der Waals surface area contributed by atoms with Crippen LogP contribution >= 0.6 is 0 Å². The van der Waals surface area contributed by atoms with Gasteiger partial charge >= 0.3 is 0 Å². The van der Waals surface area contributed by atoms with Crippen molar-refractivity contribution in [2.75, 3.05) is 21.3 Å². The van der Waals surface area contributed by atoms with Gasteiger partial charge in [-0.05, 0) is 24.8 Å². The van der Waals surface area contributed by atoms with E-state index in [1.54, 1.807) is 27.5 Å². The normalized spacial score (nSPS) is 21.5. The van der Waals surface area contributed by atoms with E-state index in [9.17, 15) is 0 Å². The maximum Gasteiger partial charge on any atom is 0.203 e. The van der Waals surface area contributed by atoms with Gasteiger partial charge in [-0.3, -0.25) is 0 Å². The summed E-state index contributed by atoms with van der Waals surface area (Å²) < 4.78 is 16.3. The lowest BCUT2D eigenvalue weighted by atomic mass is 9.82. The third-order valence-corrected chi connectivity index (χ3v) is 3.79. The molecule has 1 aliphatic rings. The highest BCUT2D eigenvalue weighted by Crippen LogP contribution is 2.45. The molecule has 0 aromatic heterocycles. The Morgan fingerprint density at radius 1 is 1.14 bits per heavy atom. The largest absolute Gasteiger partial charge is 0.493 e. The molecule has 0 fully saturated rings. The molecule has 2 rings (SSSR count). The van der Waals surface area contributed by atoms with Crippen LogP contribution in [0.25, 0.3) is 0 Å². The van der Waals surface area contributed by atoms with E-state index in [0.29, 0.717) is 17.2 Å². The summed E-state index contributed by atoms with van der Waals surface area (Å²) in [5, 5.41) is 11.8. The van der Waals surface area contributed by atoms with Crippen LogP contribution in [-0.4, -0.2) is 32.8 Å². The zero-order valence-corrected chi connectivity index (χ0v) is 12.6. The highest BCUT2D eigenvalue weighted by Gasteiger charge is 2.25. The van der Waals surface area contributed by atoms with E-state index in [2.05, 4.69) is 17.3 Å². The minimum Gasteiger partial charge on any atom is -0.493 e. The fourth-order valence-corrected chi connectivity index (χ4v) is 2.82. The molecule has 0 radical (unpaired) electrons. The van der Waals surface area contributed by atoms with Crippen LogP contribution in [0.3, 0.4) is 0 Å². The quantitative estimate of drug-likeness (QED) is 0.391. The van der Waals surface area contributed by atoms with E-state index in [1.807, 2.05) is 12.1 Å². The van der Waals surface area contributed by atoms with E-state index < -0.39 is 0 Å². The van der Waals surface area contributed by atoms with Gasteiger partial charge in [-0.15, -0.1) is 5.16 Å². The van der Waals surface area contributed by atoms with Gasteiger partial charge in [0, 0.05) is 11.5 Å². The Kier molecular flexibility index (Phi) is 5.09. The van der Waals surface area contributed by atoms with Gasteiger partial charge in [0.15, 0.2) is 11.5 Å². The van der Waals surface area contributed by atoms with Gasteiger partial charge in [-0.2, -0.15) is 0 Å². The lowest BCUT2D eigenvalue weighted by molar-refractivity contribution is 0.316. The Labute approximate surface area is 124 Å². The maximum absolute atomic E-state index is 8.70. The first-order chi connectivity index (χ1) is 10.2. The number of hydrogen-bond donors (Lipinski definition) is 1. The van der Waals surface area contributed by atoms with E-state index in [1.165, 1.54) is 0 Å². The average Bonchev–Trinajstić information content (AvgIpc) is 2.53. The highest BCUT2D eigenvalue weighted by atomic mass is 16.5. The van der Waals surface area contributed by atoms with Crippen molar-refractivity contribution in [1.82, 2.24) is 0 Å². The first-order valence-electron chi connectivity index (χ1n) is 6.88. The van der Waals surface area contributed by atoms with Gasteiger partial charge in [-0.1, -0.05) is 18.2 Å². The molecule has 1 N–H and O–H groups in total. The number of rotatable bonds is 5. The van der Waals surface area contributed by atoms with Gasteiger partial charge < -0.3 is 19.4 Å². The Hall–Kier alpha value is -2.17. The third-order valence-electron chi connectivity index (χ3n) is 3.79. The van der Waals surface area contributed by atoms with Crippen molar-refractivity contribution in [1.29, 1.82) is 0 Å².